The molecule has 0 saturated carbocycles. The molecule has 1 aromatic carbocycles. The number of hydrogen-bond donors (Lipinski definition) is 1. The Hall–Kier alpha value is -1.77. The summed E-state index contributed by atoms with van der Waals surface area (Å²) in [6.07, 6.45) is 2.06. The van der Waals surface area contributed by atoms with E-state index in [0.29, 0.717) is 5.75 Å². The Morgan fingerprint density at radius 2 is 2.18 bits per heavy atom. The van der Waals surface area contributed by atoms with Gasteiger partial charge in [-0.1, -0.05) is 19.4 Å². The van der Waals surface area contributed by atoms with E-state index in [9.17, 15) is 4.79 Å². The monoisotopic (exact) mass is 231 g/mol. The Bertz CT molecular complexity index is 555. The van der Waals surface area contributed by atoms with Gasteiger partial charge in [0, 0.05) is 23.5 Å². The molecule has 0 amide bonds. The van der Waals surface area contributed by atoms with Gasteiger partial charge in [-0.25, -0.2) is 0 Å². The van der Waals surface area contributed by atoms with Crippen molar-refractivity contribution in [3.63, 3.8) is 0 Å². The van der Waals surface area contributed by atoms with Crippen molar-refractivity contribution in [1.29, 1.82) is 0 Å². The van der Waals surface area contributed by atoms with Gasteiger partial charge in [0.1, 0.15) is 5.75 Å². The second-order valence-electron chi connectivity index (χ2n) is 4.25. The fraction of sp³-hybridized carbons (Fsp3) is 0.357. The number of nitrogens with one attached hydrogen (secondary N) is 1. The quantitative estimate of drug-likeness (QED) is 0.650. The Morgan fingerprint density at radius 3 is 2.82 bits per heavy atom. The van der Waals surface area contributed by atoms with Crippen molar-refractivity contribution in [3.8, 4) is 5.75 Å². The van der Waals surface area contributed by atoms with Crippen molar-refractivity contribution in [1.82, 2.24) is 4.98 Å². The Balaban J connectivity index is 2.63. The largest absolute Gasteiger partial charge is 0.426 e. The van der Waals surface area contributed by atoms with Crippen LogP contribution in [0.2, 0.25) is 0 Å². The minimum Gasteiger partial charge on any atom is -0.426 e. The van der Waals surface area contributed by atoms with Gasteiger partial charge >= 0.3 is 5.97 Å². The molecule has 0 fully saturated rings. The first-order valence-corrected chi connectivity index (χ1v) is 5.92. The maximum atomic E-state index is 11.1. The fourth-order valence-electron chi connectivity index (χ4n) is 2.21. The highest BCUT2D eigenvalue weighted by Crippen LogP contribution is 2.31. The average Bonchev–Trinajstić information content (AvgIpc) is 2.56. The molecule has 0 saturated heterocycles. The lowest BCUT2D eigenvalue weighted by molar-refractivity contribution is -0.131. The molecule has 3 heteroatoms. The molecular formula is C14H17NO2. The summed E-state index contributed by atoms with van der Waals surface area (Å²) < 4.78 is 5.27. The summed E-state index contributed by atoms with van der Waals surface area (Å²) in [6.45, 7) is 5.63. The second-order valence-corrected chi connectivity index (χ2v) is 4.25. The lowest BCUT2D eigenvalue weighted by atomic mass is 10.1. The fourth-order valence-corrected chi connectivity index (χ4v) is 2.21. The third-order valence-electron chi connectivity index (χ3n) is 2.86. The SMILES string of the molecule is CCCc1c(C)[nH]c2cccc(OC(C)=O)c12. The first kappa shape index (κ1) is 11.7. The Kier molecular flexibility index (Phi) is 3.18. The van der Waals surface area contributed by atoms with Crippen LogP contribution in [0.5, 0.6) is 5.75 Å². The smallest absolute Gasteiger partial charge is 0.308 e. The van der Waals surface area contributed by atoms with Crippen LogP contribution in [-0.2, 0) is 11.2 Å². The van der Waals surface area contributed by atoms with E-state index >= 15 is 0 Å². The van der Waals surface area contributed by atoms with Gasteiger partial charge in [0.15, 0.2) is 0 Å². The summed E-state index contributed by atoms with van der Waals surface area (Å²) in [4.78, 5) is 14.4. The van der Waals surface area contributed by atoms with Crippen molar-refractivity contribution in [2.45, 2.75) is 33.6 Å². The molecule has 0 atom stereocenters. The highest BCUT2D eigenvalue weighted by atomic mass is 16.5. The van der Waals surface area contributed by atoms with E-state index < -0.39 is 0 Å². The van der Waals surface area contributed by atoms with Crippen molar-refractivity contribution < 1.29 is 9.53 Å². The van der Waals surface area contributed by atoms with Crippen LogP contribution in [0.3, 0.4) is 0 Å². The summed E-state index contributed by atoms with van der Waals surface area (Å²) in [6, 6.07) is 5.75. The molecule has 90 valence electrons. The number of H-pyrrole nitrogens is 1. The number of carbonyl (C=O) groups excluding carboxylic acids is 1. The van der Waals surface area contributed by atoms with Crippen molar-refractivity contribution in [2.75, 3.05) is 0 Å². The second kappa shape index (κ2) is 4.62. The molecule has 3 nitrogen and oxygen atoms in total. The predicted octanol–water partition coefficient (Wildman–Crippen LogP) is 3.35. The van der Waals surface area contributed by atoms with E-state index in [1.807, 2.05) is 18.2 Å². The third-order valence-corrected chi connectivity index (χ3v) is 2.86. The van der Waals surface area contributed by atoms with Gasteiger partial charge < -0.3 is 9.72 Å². The van der Waals surface area contributed by atoms with Crippen LogP contribution < -0.4 is 4.74 Å². The topological polar surface area (TPSA) is 42.1 Å². The number of rotatable bonds is 3. The van der Waals surface area contributed by atoms with E-state index in [0.717, 1.165) is 29.4 Å². The van der Waals surface area contributed by atoms with Gasteiger partial charge in [0.25, 0.3) is 0 Å². The van der Waals surface area contributed by atoms with Gasteiger partial charge in [0.05, 0.1) is 0 Å². The third kappa shape index (κ3) is 2.18. The Labute approximate surface area is 101 Å². The van der Waals surface area contributed by atoms with Crippen LogP contribution in [0.15, 0.2) is 18.2 Å². The first-order valence-electron chi connectivity index (χ1n) is 5.92. The molecule has 0 spiro atoms. The summed E-state index contributed by atoms with van der Waals surface area (Å²) in [5.41, 5.74) is 3.44. The Morgan fingerprint density at radius 1 is 1.41 bits per heavy atom. The lowest BCUT2D eigenvalue weighted by Gasteiger charge is -2.05. The minimum absolute atomic E-state index is 0.279. The molecule has 0 aliphatic heterocycles. The molecule has 2 rings (SSSR count). The normalized spacial score (nSPS) is 10.8. The molecule has 1 aromatic heterocycles. The summed E-state index contributed by atoms with van der Waals surface area (Å²) >= 11 is 0. The minimum atomic E-state index is -0.279. The molecule has 0 bridgehead atoms. The van der Waals surface area contributed by atoms with Crippen molar-refractivity contribution in [3.05, 3.63) is 29.5 Å². The number of hydrogen-bond acceptors (Lipinski definition) is 2. The van der Waals surface area contributed by atoms with E-state index in [1.165, 1.54) is 12.5 Å². The molecule has 0 radical (unpaired) electrons. The highest BCUT2D eigenvalue weighted by molar-refractivity contribution is 5.92. The first-order chi connectivity index (χ1) is 8.13. The van der Waals surface area contributed by atoms with Crippen LogP contribution in [-0.4, -0.2) is 11.0 Å². The molecular weight excluding hydrogens is 214 g/mol. The number of carbonyl (C=O) groups is 1. The maximum Gasteiger partial charge on any atom is 0.308 e. The van der Waals surface area contributed by atoms with Crippen LogP contribution in [0, 0.1) is 6.92 Å². The molecule has 0 aliphatic rings. The highest BCUT2D eigenvalue weighted by Gasteiger charge is 2.13. The van der Waals surface area contributed by atoms with Gasteiger partial charge in [-0.3, -0.25) is 4.79 Å². The number of ether oxygens (including phenoxy) is 1. The molecule has 0 unspecified atom stereocenters. The zero-order valence-electron chi connectivity index (χ0n) is 10.5. The van der Waals surface area contributed by atoms with Crippen molar-refractivity contribution in [2.24, 2.45) is 0 Å². The van der Waals surface area contributed by atoms with Crippen LogP contribution >= 0.6 is 0 Å². The van der Waals surface area contributed by atoms with E-state index in [2.05, 4.69) is 18.8 Å². The number of esters is 1. The predicted molar refractivity (Wildman–Crippen MR) is 68.3 cm³/mol. The average molecular weight is 231 g/mol. The van der Waals surface area contributed by atoms with Gasteiger partial charge in [0.2, 0.25) is 0 Å². The standard InChI is InChI=1S/C14H17NO2/c1-4-6-11-9(2)15-12-7-5-8-13(14(11)12)17-10(3)16/h5,7-8,15H,4,6H2,1-3H3. The number of fused-ring (bicyclic) bond motifs is 1. The van der Waals surface area contributed by atoms with Gasteiger partial charge in [-0.05, 0) is 31.0 Å². The molecule has 2 aromatic rings. The van der Waals surface area contributed by atoms with Crippen LogP contribution in [0.25, 0.3) is 10.9 Å². The van der Waals surface area contributed by atoms with E-state index in [4.69, 9.17) is 4.74 Å². The maximum absolute atomic E-state index is 11.1. The zero-order chi connectivity index (χ0) is 12.4. The number of aromatic amines is 1. The molecule has 17 heavy (non-hydrogen) atoms. The number of benzene rings is 1. The zero-order valence-corrected chi connectivity index (χ0v) is 10.5. The summed E-state index contributed by atoms with van der Waals surface area (Å²) in [7, 11) is 0. The van der Waals surface area contributed by atoms with E-state index in [-0.39, 0.29) is 5.97 Å². The lowest BCUT2D eigenvalue weighted by Crippen LogP contribution is -2.02. The number of aromatic nitrogens is 1. The van der Waals surface area contributed by atoms with Crippen LogP contribution in [0.1, 0.15) is 31.5 Å². The van der Waals surface area contributed by atoms with Crippen molar-refractivity contribution >= 4 is 16.9 Å². The van der Waals surface area contributed by atoms with Crippen LogP contribution in [0.4, 0.5) is 0 Å². The summed E-state index contributed by atoms with van der Waals surface area (Å²) in [5.74, 6) is 0.376. The molecule has 0 aliphatic carbocycles. The van der Waals surface area contributed by atoms with E-state index in [1.54, 1.807) is 0 Å². The van der Waals surface area contributed by atoms with Gasteiger partial charge in [-0.2, -0.15) is 0 Å². The van der Waals surface area contributed by atoms with Gasteiger partial charge in [-0.15, -0.1) is 0 Å². The summed E-state index contributed by atoms with van der Waals surface area (Å²) in [5, 5.41) is 1.04. The number of aryl methyl sites for hydroxylation is 2. The molecule has 1 heterocycles. The molecule has 1 N–H and O–H groups in total.